The van der Waals surface area contributed by atoms with Gasteiger partial charge in [-0.2, -0.15) is 0 Å². The lowest BCUT2D eigenvalue weighted by Crippen LogP contribution is -2.16. The van der Waals surface area contributed by atoms with E-state index in [4.69, 9.17) is 11.6 Å². The number of carbonyl (C=O) groups is 1. The first-order valence-electron chi connectivity index (χ1n) is 6.30. The van der Waals surface area contributed by atoms with Crippen LogP contribution < -0.4 is 5.32 Å². The molecule has 0 radical (unpaired) electrons. The van der Waals surface area contributed by atoms with Crippen LogP contribution in [0.25, 0.3) is 0 Å². The zero-order valence-electron chi connectivity index (χ0n) is 11.6. The number of hydrogen-bond donors (Lipinski definition) is 1. The minimum Gasteiger partial charge on any atom is -0.326 e. The fourth-order valence-corrected chi connectivity index (χ4v) is 3.09. The van der Waals surface area contributed by atoms with Gasteiger partial charge in [-0.1, -0.05) is 29.8 Å². The molecule has 0 heterocycles. The standard InChI is InChI=1S/C15H13ClFNO3S/c1-22(20,21)14-5-3-2-4-10(14)8-15(19)18-11-6-7-13(17)12(16)9-11/h2-7,9H,8H2,1H3,(H,18,19). The largest absolute Gasteiger partial charge is 0.326 e. The lowest BCUT2D eigenvalue weighted by Gasteiger charge is -2.09. The Morgan fingerprint density at radius 2 is 1.91 bits per heavy atom. The predicted octanol–water partition coefficient (Wildman–Crippen LogP) is 3.06. The Morgan fingerprint density at radius 1 is 1.23 bits per heavy atom. The van der Waals surface area contributed by atoms with E-state index in [0.29, 0.717) is 11.3 Å². The van der Waals surface area contributed by atoms with E-state index in [1.807, 2.05) is 0 Å². The summed E-state index contributed by atoms with van der Waals surface area (Å²) in [6.07, 6.45) is 0.974. The van der Waals surface area contributed by atoms with E-state index in [-0.39, 0.29) is 16.3 Å². The summed E-state index contributed by atoms with van der Waals surface area (Å²) in [5.74, 6) is -0.999. The first kappa shape index (κ1) is 16.5. The SMILES string of the molecule is CS(=O)(=O)c1ccccc1CC(=O)Nc1ccc(F)c(Cl)c1. The number of carbonyl (C=O) groups excluding carboxylic acids is 1. The molecule has 0 aliphatic rings. The summed E-state index contributed by atoms with van der Waals surface area (Å²) >= 11 is 5.64. The minimum absolute atomic E-state index is 0.102. The molecule has 2 aromatic rings. The number of rotatable bonds is 4. The molecule has 22 heavy (non-hydrogen) atoms. The van der Waals surface area contributed by atoms with Crippen molar-refractivity contribution < 1.29 is 17.6 Å². The minimum atomic E-state index is -3.41. The van der Waals surface area contributed by atoms with Crippen molar-refractivity contribution in [1.29, 1.82) is 0 Å². The maximum atomic E-state index is 13.1. The Hall–Kier alpha value is -1.92. The molecular formula is C15H13ClFNO3S. The van der Waals surface area contributed by atoms with E-state index in [0.717, 1.165) is 12.3 Å². The summed E-state index contributed by atoms with van der Waals surface area (Å²) in [6.45, 7) is 0. The molecule has 0 atom stereocenters. The molecule has 0 saturated heterocycles. The summed E-state index contributed by atoms with van der Waals surface area (Å²) < 4.78 is 36.4. The van der Waals surface area contributed by atoms with Gasteiger partial charge in [0.15, 0.2) is 9.84 Å². The van der Waals surface area contributed by atoms with Gasteiger partial charge in [0.25, 0.3) is 0 Å². The van der Waals surface area contributed by atoms with E-state index in [1.165, 1.54) is 18.2 Å². The maximum absolute atomic E-state index is 13.1. The second kappa shape index (κ2) is 6.46. The van der Waals surface area contributed by atoms with E-state index in [9.17, 15) is 17.6 Å². The number of halogens is 2. The first-order chi connectivity index (χ1) is 10.3. The lowest BCUT2D eigenvalue weighted by atomic mass is 10.1. The average Bonchev–Trinajstić information content (AvgIpc) is 2.42. The molecule has 4 nitrogen and oxygen atoms in total. The van der Waals surface area contributed by atoms with Crippen molar-refractivity contribution >= 4 is 33.0 Å². The number of amides is 1. The third-order valence-corrected chi connectivity index (χ3v) is 4.41. The van der Waals surface area contributed by atoms with Crippen LogP contribution in [0.2, 0.25) is 5.02 Å². The highest BCUT2D eigenvalue weighted by molar-refractivity contribution is 7.90. The summed E-state index contributed by atoms with van der Waals surface area (Å²) in [7, 11) is -3.41. The van der Waals surface area contributed by atoms with Crippen LogP contribution >= 0.6 is 11.6 Å². The molecule has 0 fully saturated rings. The van der Waals surface area contributed by atoms with Gasteiger partial charge in [0.1, 0.15) is 5.82 Å². The molecule has 7 heteroatoms. The van der Waals surface area contributed by atoms with Gasteiger partial charge in [0, 0.05) is 11.9 Å². The van der Waals surface area contributed by atoms with E-state index >= 15 is 0 Å². The van der Waals surface area contributed by atoms with E-state index in [2.05, 4.69) is 5.32 Å². The number of hydrogen-bond acceptors (Lipinski definition) is 3. The Morgan fingerprint density at radius 3 is 2.55 bits per heavy atom. The number of anilines is 1. The Labute approximate surface area is 132 Å². The van der Waals surface area contributed by atoms with Crippen molar-refractivity contribution in [2.75, 3.05) is 11.6 Å². The number of benzene rings is 2. The van der Waals surface area contributed by atoms with Crippen LogP contribution in [-0.2, 0) is 21.1 Å². The van der Waals surface area contributed by atoms with Gasteiger partial charge in [-0.3, -0.25) is 4.79 Å². The molecule has 0 spiro atoms. The van der Waals surface area contributed by atoms with Crippen molar-refractivity contribution in [3.63, 3.8) is 0 Å². The summed E-state index contributed by atoms with van der Waals surface area (Å²) in [4.78, 5) is 12.1. The smallest absolute Gasteiger partial charge is 0.228 e. The van der Waals surface area contributed by atoms with Gasteiger partial charge in [-0.15, -0.1) is 0 Å². The van der Waals surface area contributed by atoms with Crippen molar-refractivity contribution in [3.05, 3.63) is 58.9 Å². The van der Waals surface area contributed by atoms with Crippen LogP contribution in [0.1, 0.15) is 5.56 Å². The van der Waals surface area contributed by atoms with Gasteiger partial charge in [-0.05, 0) is 29.8 Å². The quantitative estimate of drug-likeness (QED) is 0.929. The fourth-order valence-electron chi connectivity index (χ4n) is 1.96. The Balaban J connectivity index is 2.18. The van der Waals surface area contributed by atoms with Gasteiger partial charge in [0.2, 0.25) is 5.91 Å². The average molecular weight is 342 g/mol. The second-order valence-electron chi connectivity index (χ2n) is 4.73. The molecule has 1 amide bonds. The van der Waals surface area contributed by atoms with Crippen LogP contribution in [0, 0.1) is 5.82 Å². The molecule has 0 saturated carbocycles. The van der Waals surface area contributed by atoms with Crippen molar-refractivity contribution in [3.8, 4) is 0 Å². The molecule has 0 unspecified atom stereocenters. The molecule has 2 aromatic carbocycles. The highest BCUT2D eigenvalue weighted by Gasteiger charge is 2.15. The molecule has 0 bridgehead atoms. The van der Waals surface area contributed by atoms with Gasteiger partial charge in [-0.25, -0.2) is 12.8 Å². The van der Waals surface area contributed by atoms with Gasteiger partial charge >= 0.3 is 0 Å². The summed E-state index contributed by atoms with van der Waals surface area (Å²) in [5.41, 5.74) is 0.740. The topological polar surface area (TPSA) is 63.2 Å². The normalized spacial score (nSPS) is 11.2. The predicted molar refractivity (Wildman–Crippen MR) is 83.3 cm³/mol. The fraction of sp³-hybridized carbons (Fsp3) is 0.133. The Bertz CT molecular complexity index is 821. The summed E-state index contributed by atoms with van der Waals surface area (Å²) in [5, 5.41) is 2.45. The Kier molecular flexibility index (Phi) is 4.83. The molecule has 2 rings (SSSR count). The zero-order chi connectivity index (χ0) is 16.3. The highest BCUT2D eigenvalue weighted by atomic mass is 35.5. The van der Waals surface area contributed by atoms with Crippen LogP contribution in [0.15, 0.2) is 47.4 Å². The van der Waals surface area contributed by atoms with E-state index < -0.39 is 21.6 Å². The molecule has 1 N–H and O–H groups in total. The highest BCUT2D eigenvalue weighted by Crippen LogP contribution is 2.20. The molecule has 0 aromatic heterocycles. The number of nitrogens with one attached hydrogen (secondary N) is 1. The zero-order valence-corrected chi connectivity index (χ0v) is 13.2. The van der Waals surface area contributed by atoms with Crippen LogP contribution in [0.3, 0.4) is 0 Å². The third-order valence-electron chi connectivity index (χ3n) is 2.93. The maximum Gasteiger partial charge on any atom is 0.228 e. The second-order valence-corrected chi connectivity index (χ2v) is 7.13. The molecule has 0 aliphatic heterocycles. The van der Waals surface area contributed by atoms with Crippen LogP contribution in [-0.4, -0.2) is 20.6 Å². The van der Waals surface area contributed by atoms with Crippen molar-refractivity contribution in [2.45, 2.75) is 11.3 Å². The van der Waals surface area contributed by atoms with Crippen molar-refractivity contribution in [1.82, 2.24) is 0 Å². The van der Waals surface area contributed by atoms with Crippen molar-refractivity contribution in [2.24, 2.45) is 0 Å². The lowest BCUT2D eigenvalue weighted by molar-refractivity contribution is -0.115. The van der Waals surface area contributed by atoms with Gasteiger partial charge in [0.05, 0.1) is 16.3 Å². The monoisotopic (exact) mass is 341 g/mol. The van der Waals surface area contributed by atoms with Crippen LogP contribution in [0.4, 0.5) is 10.1 Å². The van der Waals surface area contributed by atoms with Gasteiger partial charge < -0.3 is 5.32 Å². The summed E-state index contributed by atoms with van der Waals surface area (Å²) in [6, 6.07) is 10.1. The first-order valence-corrected chi connectivity index (χ1v) is 8.57. The van der Waals surface area contributed by atoms with Crippen LogP contribution in [0.5, 0.6) is 0 Å². The molecule has 0 aliphatic carbocycles. The number of sulfone groups is 1. The third kappa shape index (κ3) is 4.05. The molecule has 116 valence electrons. The van der Waals surface area contributed by atoms with E-state index in [1.54, 1.807) is 18.2 Å². The molecular weight excluding hydrogens is 329 g/mol.